The van der Waals surface area contributed by atoms with Gasteiger partial charge in [0.15, 0.2) is 0 Å². The van der Waals surface area contributed by atoms with Crippen molar-refractivity contribution in [3.63, 3.8) is 0 Å². The summed E-state index contributed by atoms with van der Waals surface area (Å²) < 4.78 is 26.5. The van der Waals surface area contributed by atoms with Crippen molar-refractivity contribution >= 4 is 10.0 Å². The first-order chi connectivity index (χ1) is 7.58. The molecule has 0 radical (unpaired) electrons. The van der Waals surface area contributed by atoms with E-state index in [4.69, 9.17) is 9.88 Å². The van der Waals surface area contributed by atoms with E-state index in [1.807, 2.05) is 30.3 Å². The number of hydrogen-bond donors (Lipinski definition) is 1. The van der Waals surface area contributed by atoms with Gasteiger partial charge in [-0.2, -0.15) is 0 Å². The Morgan fingerprint density at radius 3 is 2.44 bits per heavy atom. The van der Waals surface area contributed by atoms with Gasteiger partial charge in [0.05, 0.1) is 12.4 Å². The van der Waals surface area contributed by atoms with Gasteiger partial charge < -0.3 is 4.74 Å². The largest absolute Gasteiger partial charge is 0.381 e. The molecule has 1 aromatic rings. The quantitative estimate of drug-likeness (QED) is 0.724. The molecule has 2 N–H and O–H groups in total. The third kappa shape index (κ3) is 6.55. The number of nitrogens with two attached hydrogens (primary N) is 1. The third-order valence-corrected chi connectivity index (χ3v) is 2.95. The van der Waals surface area contributed by atoms with Crippen LogP contribution in [0.3, 0.4) is 0 Å². The fourth-order valence-electron chi connectivity index (χ4n) is 1.30. The van der Waals surface area contributed by atoms with Crippen LogP contribution in [0.2, 0.25) is 0 Å². The van der Waals surface area contributed by atoms with Crippen LogP contribution in [0.25, 0.3) is 0 Å². The molecule has 1 rings (SSSR count). The molecule has 0 bridgehead atoms. The standard InChI is InChI=1S/C11H17NO3S/c12-16(13,14)10-4-8-15-9-7-11-5-2-1-3-6-11/h1-3,5-6H,4,7-10H2,(H2,12,13,14). The average Bonchev–Trinajstić information content (AvgIpc) is 2.23. The van der Waals surface area contributed by atoms with Crippen LogP contribution in [0, 0.1) is 0 Å². The van der Waals surface area contributed by atoms with E-state index in [2.05, 4.69) is 0 Å². The van der Waals surface area contributed by atoms with Gasteiger partial charge in [-0.15, -0.1) is 0 Å². The van der Waals surface area contributed by atoms with Crippen molar-refractivity contribution in [2.45, 2.75) is 12.8 Å². The maximum atomic E-state index is 10.6. The van der Waals surface area contributed by atoms with Gasteiger partial charge in [-0.3, -0.25) is 0 Å². The number of hydrogen-bond acceptors (Lipinski definition) is 3. The third-order valence-electron chi connectivity index (χ3n) is 2.10. The van der Waals surface area contributed by atoms with Gasteiger partial charge in [0.2, 0.25) is 10.0 Å². The lowest BCUT2D eigenvalue weighted by atomic mass is 10.2. The maximum Gasteiger partial charge on any atom is 0.209 e. The molecule has 0 unspecified atom stereocenters. The van der Waals surface area contributed by atoms with Crippen LogP contribution < -0.4 is 5.14 Å². The molecule has 0 aliphatic rings. The van der Waals surface area contributed by atoms with Crippen molar-refractivity contribution < 1.29 is 13.2 Å². The molecular formula is C11H17NO3S. The van der Waals surface area contributed by atoms with Crippen molar-refractivity contribution in [1.82, 2.24) is 0 Å². The van der Waals surface area contributed by atoms with Crippen molar-refractivity contribution in [3.05, 3.63) is 35.9 Å². The molecule has 16 heavy (non-hydrogen) atoms. The summed E-state index contributed by atoms with van der Waals surface area (Å²) in [5.41, 5.74) is 1.22. The van der Waals surface area contributed by atoms with Gasteiger partial charge in [0.25, 0.3) is 0 Å². The summed E-state index contributed by atoms with van der Waals surface area (Å²) in [6.07, 6.45) is 1.30. The molecule has 0 amide bonds. The maximum absolute atomic E-state index is 10.6. The summed E-state index contributed by atoms with van der Waals surface area (Å²) in [6.45, 7) is 1.04. The summed E-state index contributed by atoms with van der Waals surface area (Å²) in [4.78, 5) is 0. The van der Waals surface area contributed by atoms with Crippen molar-refractivity contribution in [1.29, 1.82) is 0 Å². The number of sulfonamides is 1. The van der Waals surface area contributed by atoms with Crippen molar-refractivity contribution in [2.75, 3.05) is 19.0 Å². The van der Waals surface area contributed by atoms with Crippen molar-refractivity contribution in [2.24, 2.45) is 5.14 Å². The average molecular weight is 243 g/mol. The zero-order valence-electron chi connectivity index (χ0n) is 9.13. The Morgan fingerprint density at radius 1 is 1.12 bits per heavy atom. The molecule has 5 heteroatoms. The first-order valence-electron chi connectivity index (χ1n) is 5.20. The minimum Gasteiger partial charge on any atom is -0.381 e. The van der Waals surface area contributed by atoms with Crippen LogP contribution >= 0.6 is 0 Å². The van der Waals surface area contributed by atoms with E-state index in [0.29, 0.717) is 19.6 Å². The second-order valence-corrected chi connectivity index (χ2v) is 5.30. The summed E-state index contributed by atoms with van der Waals surface area (Å²) in [7, 11) is -3.34. The lowest BCUT2D eigenvalue weighted by Gasteiger charge is -2.03. The Labute approximate surface area is 96.5 Å². The highest BCUT2D eigenvalue weighted by molar-refractivity contribution is 7.89. The first-order valence-corrected chi connectivity index (χ1v) is 6.91. The van der Waals surface area contributed by atoms with Crippen LogP contribution in [-0.2, 0) is 21.2 Å². The second-order valence-electron chi connectivity index (χ2n) is 3.57. The molecule has 0 aliphatic carbocycles. The monoisotopic (exact) mass is 243 g/mol. The highest BCUT2D eigenvalue weighted by atomic mass is 32.2. The summed E-state index contributed by atoms with van der Waals surface area (Å²) in [5, 5.41) is 4.86. The summed E-state index contributed by atoms with van der Waals surface area (Å²) in [5.74, 6) is -0.0155. The smallest absolute Gasteiger partial charge is 0.209 e. The molecule has 0 fully saturated rings. The van der Waals surface area contributed by atoms with E-state index >= 15 is 0 Å². The Bertz CT molecular complexity index is 389. The Hall–Kier alpha value is -0.910. The Balaban J connectivity index is 2.05. The van der Waals surface area contributed by atoms with E-state index in [0.717, 1.165) is 6.42 Å². The van der Waals surface area contributed by atoms with Gasteiger partial charge in [-0.05, 0) is 18.4 Å². The molecule has 4 nitrogen and oxygen atoms in total. The molecule has 0 atom stereocenters. The molecule has 0 saturated heterocycles. The second kappa shape index (κ2) is 6.62. The molecular weight excluding hydrogens is 226 g/mol. The Kier molecular flexibility index (Phi) is 5.45. The molecule has 0 saturated carbocycles. The fourth-order valence-corrected chi connectivity index (χ4v) is 1.82. The number of rotatable bonds is 7. The van der Waals surface area contributed by atoms with E-state index in [-0.39, 0.29) is 5.75 Å². The topological polar surface area (TPSA) is 69.4 Å². The van der Waals surface area contributed by atoms with Gasteiger partial charge in [0.1, 0.15) is 0 Å². The van der Waals surface area contributed by atoms with E-state index in [1.54, 1.807) is 0 Å². The van der Waals surface area contributed by atoms with E-state index in [1.165, 1.54) is 5.56 Å². The molecule has 0 heterocycles. The van der Waals surface area contributed by atoms with Gasteiger partial charge in [-0.1, -0.05) is 30.3 Å². The minimum absolute atomic E-state index is 0.0155. The normalized spacial score (nSPS) is 11.6. The fraction of sp³-hybridized carbons (Fsp3) is 0.455. The highest BCUT2D eigenvalue weighted by Crippen LogP contribution is 1.99. The van der Waals surface area contributed by atoms with Crippen LogP contribution in [0.4, 0.5) is 0 Å². The zero-order chi connectivity index (χ0) is 11.9. The van der Waals surface area contributed by atoms with Crippen molar-refractivity contribution in [3.8, 4) is 0 Å². The predicted octanol–water partition coefficient (Wildman–Crippen LogP) is 0.924. The summed E-state index contributed by atoms with van der Waals surface area (Å²) in [6, 6.07) is 10.0. The molecule has 0 spiro atoms. The number of ether oxygens (including phenoxy) is 1. The van der Waals surface area contributed by atoms with Crippen LogP contribution in [-0.4, -0.2) is 27.4 Å². The van der Waals surface area contributed by atoms with Gasteiger partial charge >= 0.3 is 0 Å². The first kappa shape index (κ1) is 13.2. The summed E-state index contributed by atoms with van der Waals surface area (Å²) >= 11 is 0. The van der Waals surface area contributed by atoms with Gasteiger partial charge in [0, 0.05) is 6.61 Å². The van der Waals surface area contributed by atoms with Crippen LogP contribution in [0.5, 0.6) is 0 Å². The molecule has 90 valence electrons. The molecule has 0 aliphatic heterocycles. The lowest BCUT2D eigenvalue weighted by molar-refractivity contribution is 0.138. The number of benzene rings is 1. The molecule has 0 aromatic heterocycles. The zero-order valence-corrected chi connectivity index (χ0v) is 9.95. The lowest BCUT2D eigenvalue weighted by Crippen LogP contribution is -2.17. The minimum atomic E-state index is -3.34. The Morgan fingerprint density at radius 2 is 1.81 bits per heavy atom. The van der Waals surface area contributed by atoms with Gasteiger partial charge in [-0.25, -0.2) is 13.6 Å². The highest BCUT2D eigenvalue weighted by Gasteiger charge is 2.01. The molecule has 1 aromatic carbocycles. The van der Waals surface area contributed by atoms with E-state index in [9.17, 15) is 8.42 Å². The van der Waals surface area contributed by atoms with Crippen LogP contribution in [0.15, 0.2) is 30.3 Å². The van der Waals surface area contributed by atoms with Crippen LogP contribution in [0.1, 0.15) is 12.0 Å². The number of primary sulfonamides is 1. The SMILES string of the molecule is NS(=O)(=O)CCCOCCc1ccccc1. The van der Waals surface area contributed by atoms with E-state index < -0.39 is 10.0 Å². The predicted molar refractivity (Wildman–Crippen MR) is 63.6 cm³/mol.